The topological polar surface area (TPSA) is 72.6 Å². The van der Waals surface area contributed by atoms with Crippen LogP contribution < -0.4 is 4.74 Å². The fraction of sp³-hybridized carbons (Fsp3) is 0.714. The highest BCUT2D eigenvalue weighted by Crippen LogP contribution is 2.73. The Morgan fingerprint density at radius 1 is 1.42 bits per heavy atom. The fourth-order valence-electron chi connectivity index (χ4n) is 4.48. The van der Waals surface area contributed by atoms with Crippen molar-refractivity contribution in [1.29, 1.82) is 0 Å². The molecule has 102 valence electrons. The maximum atomic E-state index is 11.1. The Balaban J connectivity index is 1.63. The van der Waals surface area contributed by atoms with Crippen LogP contribution in [0.15, 0.2) is 4.42 Å². The van der Waals surface area contributed by atoms with Gasteiger partial charge in [0.05, 0.1) is 6.61 Å². The molecule has 4 unspecified atom stereocenters. The molecule has 0 saturated heterocycles. The maximum absolute atomic E-state index is 11.1. The van der Waals surface area contributed by atoms with Crippen molar-refractivity contribution in [2.45, 2.75) is 32.1 Å². The molecule has 3 aliphatic rings. The molecule has 0 spiro atoms. The third kappa shape index (κ3) is 1.47. The molecule has 3 saturated carbocycles. The van der Waals surface area contributed by atoms with E-state index < -0.39 is 5.97 Å². The fourth-order valence-corrected chi connectivity index (χ4v) is 4.48. The molecule has 1 N–H and O–H groups in total. The quantitative estimate of drug-likeness (QED) is 0.903. The van der Waals surface area contributed by atoms with Gasteiger partial charge >= 0.3 is 11.9 Å². The lowest BCUT2D eigenvalue weighted by atomic mass is 10.0. The summed E-state index contributed by atoms with van der Waals surface area (Å²) in [6.45, 7) is 2.19. The molecule has 3 aliphatic carbocycles. The summed E-state index contributed by atoms with van der Waals surface area (Å²) in [6.07, 6.45) is 4.01. The minimum absolute atomic E-state index is 0.0716. The minimum Gasteiger partial charge on any atom is -0.476 e. The zero-order valence-corrected chi connectivity index (χ0v) is 10.8. The van der Waals surface area contributed by atoms with Crippen molar-refractivity contribution >= 4 is 5.97 Å². The molecule has 19 heavy (non-hydrogen) atoms. The largest absolute Gasteiger partial charge is 0.476 e. The number of carboxylic acid groups (broad SMARTS) is 1. The van der Waals surface area contributed by atoms with Gasteiger partial charge in [-0.2, -0.15) is 0 Å². The standard InChI is InChI=1S/C14H17NO4/c1-2-18-14-11(13(16)17)15-12(19-14)10-8-6-3-4-7(5-6)9(8)10/h6-10H,2-5H2,1H3,(H,16,17). The number of oxazole rings is 1. The van der Waals surface area contributed by atoms with Gasteiger partial charge in [-0.3, -0.25) is 0 Å². The normalized spacial score (nSPS) is 38.3. The smallest absolute Gasteiger partial charge is 0.362 e. The van der Waals surface area contributed by atoms with Crippen LogP contribution in [0.5, 0.6) is 5.95 Å². The average molecular weight is 263 g/mol. The lowest BCUT2D eigenvalue weighted by molar-refractivity contribution is 0.0683. The predicted octanol–water partition coefficient (Wildman–Crippen LogP) is 2.53. The van der Waals surface area contributed by atoms with Crippen LogP contribution in [-0.4, -0.2) is 22.7 Å². The first-order valence-corrected chi connectivity index (χ1v) is 7.07. The van der Waals surface area contributed by atoms with Gasteiger partial charge in [-0.25, -0.2) is 9.78 Å². The van der Waals surface area contributed by atoms with Crippen molar-refractivity contribution < 1.29 is 19.1 Å². The van der Waals surface area contributed by atoms with Crippen molar-refractivity contribution in [3.05, 3.63) is 11.6 Å². The Morgan fingerprint density at radius 2 is 2.11 bits per heavy atom. The van der Waals surface area contributed by atoms with E-state index in [9.17, 15) is 4.79 Å². The number of hydrogen-bond acceptors (Lipinski definition) is 4. The van der Waals surface area contributed by atoms with Gasteiger partial charge in [-0.1, -0.05) is 0 Å². The Morgan fingerprint density at radius 3 is 2.68 bits per heavy atom. The number of aromatic nitrogens is 1. The highest BCUT2D eigenvalue weighted by molar-refractivity contribution is 5.87. The summed E-state index contributed by atoms with van der Waals surface area (Å²) in [5, 5.41) is 9.12. The number of ether oxygens (including phenoxy) is 1. The van der Waals surface area contributed by atoms with E-state index >= 15 is 0 Å². The SMILES string of the molecule is CCOc1oc(C2C3C4CCC(C4)C23)nc1C(=O)O. The van der Waals surface area contributed by atoms with E-state index in [-0.39, 0.29) is 11.6 Å². The van der Waals surface area contributed by atoms with E-state index in [1.165, 1.54) is 19.3 Å². The molecular weight excluding hydrogens is 246 g/mol. The number of carbonyl (C=O) groups is 1. The van der Waals surface area contributed by atoms with Gasteiger partial charge in [0.25, 0.3) is 0 Å². The zero-order chi connectivity index (χ0) is 13.1. The summed E-state index contributed by atoms with van der Waals surface area (Å²) in [5.74, 6) is 2.94. The minimum atomic E-state index is -1.08. The maximum Gasteiger partial charge on any atom is 0.362 e. The van der Waals surface area contributed by atoms with Crippen LogP contribution in [0.3, 0.4) is 0 Å². The predicted molar refractivity (Wildman–Crippen MR) is 65.2 cm³/mol. The summed E-state index contributed by atoms with van der Waals surface area (Å²) < 4.78 is 10.8. The molecule has 1 heterocycles. The van der Waals surface area contributed by atoms with Gasteiger partial charge in [-0.05, 0) is 49.9 Å². The Hall–Kier alpha value is -1.52. The van der Waals surface area contributed by atoms with Crippen LogP contribution in [-0.2, 0) is 0 Å². The van der Waals surface area contributed by atoms with E-state index in [1.807, 2.05) is 0 Å². The first kappa shape index (κ1) is 11.3. The molecule has 1 aromatic heterocycles. The van der Waals surface area contributed by atoms with Crippen LogP contribution in [0, 0.1) is 23.7 Å². The van der Waals surface area contributed by atoms with Crippen molar-refractivity contribution in [2.75, 3.05) is 6.61 Å². The van der Waals surface area contributed by atoms with Crippen molar-refractivity contribution in [2.24, 2.45) is 23.7 Å². The van der Waals surface area contributed by atoms with Crippen LogP contribution in [0.4, 0.5) is 0 Å². The first-order chi connectivity index (χ1) is 9.20. The zero-order valence-electron chi connectivity index (χ0n) is 10.8. The second-order valence-corrected chi connectivity index (χ2v) is 5.94. The van der Waals surface area contributed by atoms with Crippen molar-refractivity contribution in [3.63, 3.8) is 0 Å². The summed E-state index contributed by atoms with van der Waals surface area (Å²) in [4.78, 5) is 15.3. The summed E-state index contributed by atoms with van der Waals surface area (Å²) in [6, 6.07) is 0. The van der Waals surface area contributed by atoms with Gasteiger partial charge in [0.1, 0.15) is 0 Å². The van der Waals surface area contributed by atoms with E-state index in [4.69, 9.17) is 14.3 Å². The third-order valence-electron chi connectivity index (χ3n) is 5.11. The second kappa shape index (κ2) is 3.74. The third-order valence-corrected chi connectivity index (χ3v) is 5.11. The first-order valence-electron chi connectivity index (χ1n) is 7.07. The lowest BCUT2D eigenvalue weighted by Crippen LogP contribution is -2.02. The number of fused-ring (bicyclic) bond motifs is 5. The number of carboxylic acids is 1. The Labute approximate surface area is 111 Å². The van der Waals surface area contributed by atoms with Crippen molar-refractivity contribution in [3.8, 4) is 5.95 Å². The molecule has 0 aromatic carbocycles. The van der Waals surface area contributed by atoms with Gasteiger partial charge in [-0.15, -0.1) is 0 Å². The molecule has 1 aromatic rings. The van der Waals surface area contributed by atoms with Crippen LogP contribution >= 0.6 is 0 Å². The lowest BCUT2D eigenvalue weighted by Gasteiger charge is -2.04. The van der Waals surface area contributed by atoms with Crippen LogP contribution in [0.25, 0.3) is 0 Å². The van der Waals surface area contributed by atoms with Gasteiger partial charge in [0.15, 0.2) is 0 Å². The number of hydrogen-bond donors (Lipinski definition) is 1. The van der Waals surface area contributed by atoms with Crippen LogP contribution in [0.2, 0.25) is 0 Å². The highest BCUT2D eigenvalue weighted by atomic mass is 16.6. The van der Waals surface area contributed by atoms with Crippen molar-refractivity contribution in [1.82, 2.24) is 4.98 Å². The summed E-state index contributed by atoms with van der Waals surface area (Å²) >= 11 is 0. The molecule has 0 aliphatic heterocycles. The van der Waals surface area contributed by atoms with Crippen LogP contribution in [0.1, 0.15) is 48.5 Å². The molecular formula is C14H17NO4. The summed E-state index contributed by atoms with van der Waals surface area (Å²) in [7, 11) is 0. The Kier molecular flexibility index (Phi) is 2.23. The molecule has 0 amide bonds. The number of rotatable bonds is 4. The van der Waals surface area contributed by atoms with E-state index in [1.54, 1.807) is 6.92 Å². The van der Waals surface area contributed by atoms with Gasteiger partial charge in [0.2, 0.25) is 11.6 Å². The van der Waals surface area contributed by atoms with E-state index in [0.29, 0.717) is 30.3 Å². The number of nitrogens with zero attached hydrogens (tertiary/aromatic N) is 1. The van der Waals surface area contributed by atoms with E-state index in [0.717, 1.165) is 11.8 Å². The highest BCUT2D eigenvalue weighted by Gasteiger charge is 2.67. The molecule has 3 fully saturated rings. The average Bonchev–Trinajstić information content (AvgIpc) is 2.77. The monoisotopic (exact) mass is 263 g/mol. The second-order valence-electron chi connectivity index (χ2n) is 5.94. The molecule has 2 bridgehead atoms. The van der Waals surface area contributed by atoms with E-state index in [2.05, 4.69) is 4.98 Å². The molecule has 5 heteroatoms. The van der Waals surface area contributed by atoms with Gasteiger partial charge < -0.3 is 14.3 Å². The summed E-state index contributed by atoms with van der Waals surface area (Å²) in [5.41, 5.74) is -0.0748. The molecule has 0 radical (unpaired) electrons. The molecule has 4 atom stereocenters. The Bertz CT molecular complexity index is 522. The molecule has 5 nitrogen and oxygen atoms in total. The molecule has 4 rings (SSSR count). The van der Waals surface area contributed by atoms with Gasteiger partial charge in [0, 0.05) is 5.92 Å². The number of aromatic carboxylic acids is 1.